The summed E-state index contributed by atoms with van der Waals surface area (Å²) in [6.45, 7) is 2.08. The highest BCUT2D eigenvalue weighted by Crippen LogP contribution is 2.29. The summed E-state index contributed by atoms with van der Waals surface area (Å²) in [6, 6.07) is 20.0. The average Bonchev–Trinajstić information content (AvgIpc) is 2.84. The van der Waals surface area contributed by atoms with E-state index in [1.807, 2.05) is 19.1 Å². The molecule has 0 atom stereocenters. The molecular formula is C26H19ClN4O3. The van der Waals surface area contributed by atoms with Gasteiger partial charge < -0.3 is 15.1 Å². The Morgan fingerprint density at radius 1 is 1.06 bits per heavy atom. The van der Waals surface area contributed by atoms with Crippen molar-refractivity contribution < 1.29 is 15.0 Å². The maximum Gasteiger partial charge on any atom is 0.262 e. The Morgan fingerprint density at radius 3 is 2.41 bits per heavy atom. The number of carbonyl (C=O) groups is 1. The molecule has 0 bridgehead atoms. The first-order chi connectivity index (χ1) is 16.4. The molecule has 0 aliphatic heterocycles. The molecule has 4 rings (SSSR count). The van der Waals surface area contributed by atoms with Crippen LogP contribution in [0.4, 0.5) is 5.69 Å². The number of aromatic nitrogens is 2. The smallest absolute Gasteiger partial charge is 0.262 e. The second-order valence-corrected chi connectivity index (χ2v) is 7.96. The van der Waals surface area contributed by atoms with Crippen LogP contribution in [0.25, 0.3) is 11.3 Å². The van der Waals surface area contributed by atoms with Gasteiger partial charge in [0.15, 0.2) is 0 Å². The summed E-state index contributed by atoms with van der Waals surface area (Å²) in [5.41, 5.74) is 4.31. The van der Waals surface area contributed by atoms with Crippen LogP contribution in [0, 0.1) is 18.3 Å². The molecular weight excluding hydrogens is 452 g/mol. The maximum absolute atomic E-state index is 13.5. The van der Waals surface area contributed by atoms with Gasteiger partial charge in [0.25, 0.3) is 5.91 Å². The van der Waals surface area contributed by atoms with Crippen molar-refractivity contribution in [1.29, 1.82) is 5.26 Å². The average molecular weight is 471 g/mol. The lowest BCUT2D eigenvalue weighted by molar-refractivity contribution is 0.0982. The highest BCUT2D eigenvalue weighted by molar-refractivity contribution is 6.28. The number of halogens is 1. The number of hydrogen-bond donors (Lipinski definition) is 2. The third kappa shape index (κ3) is 4.82. The SMILES string of the molecule is Cc1cnc(Cl)nc1-c1ccc(N(Cc2ccc(C#N)cc2)C(=O)c2ccc(O)cc2O)cc1. The fourth-order valence-corrected chi connectivity index (χ4v) is 3.64. The molecule has 7 nitrogen and oxygen atoms in total. The van der Waals surface area contributed by atoms with Crippen LogP contribution in [0.3, 0.4) is 0 Å². The minimum atomic E-state index is -0.448. The van der Waals surface area contributed by atoms with Crippen molar-refractivity contribution >= 4 is 23.2 Å². The topological polar surface area (TPSA) is 110 Å². The molecule has 3 aromatic carbocycles. The maximum atomic E-state index is 13.5. The molecule has 0 saturated heterocycles. The summed E-state index contributed by atoms with van der Waals surface area (Å²) in [6.07, 6.45) is 1.65. The van der Waals surface area contributed by atoms with E-state index in [1.165, 1.54) is 17.0 Å². The molecule has 0 radical (unpaired) electrons. The Balaban J connectivity index is 1.73. The predicted octanol–water partition coefficient (Wildman–Crippen LogP) is 5.24. The lowest BCUT2D eigenvalue weighted by Gasteiger charge is -2.24. The molecule has 2 N–H and O–H groups in total. The van der Waals surface area contributed by atoms with Gasteiger partial charge in [-0.2, -0.15) is 5.26 Å². The van der Waals surface area contributed by atoms with E-state index in [-0.39, 0.29) is 28.9 Å². The van der Waals surface area contributed by atoms with E-state index < -0.39 is 5.91 Å². The van der Waals surface area contributed by atoms with E-state index in [0.717, 1.165) is 22.8 Å². The van der Waals surface area contributed by atoms with Crippen molar-refractivity contribution in [3.8, 4) is 28.8 Å². The summed E-state index contributed by atoms with van der Waals surface area (Å²) >= 11 is 5.96. The summed E-state index contributed by atoms with van der Waals surface area (Å²) in [4.78, 5) is 23.2. The van der Waals surface area contributed by atoms with Crippen molar-refractivity contribution in [3.63, 3.8) is 0 Å². The van der Waals surface area contributed by atoms with Gasteiger partial charge in [0.1, 0.15) is 11.5 Å². The number of benzene rings is 3. The van der Waals surface area contributed by atoms with Gasteiger partial charge in [-0.1, -0.05) is 24.3 Å². The molecule has 34 heavy (non-hydrogen) atoms. The minimum Gasteiger partial charge on any atom is -0.508 e. The number of carbonyl (C=O) groups excluding carboxylic acids is 1. The van der Waals surface area contributed by atoms with Crippen molar-refractivity contribution in [3.05, 3.63) is 100 Å². The zero-order chi connectivity index (χ0) is 24.2. The molecule has 1 amide bonds. The van der Waals surface area contributed by atoms with Crippen LogP contribution in [0.1, 0.15) is 27.0 Å². The minimum absolute atomic E-state index is 0.0500. The molecule has 168 valence electrons. The van der Waals surface area contributed by atoms with Crippen molar-refractivity contribution in [2.24, 2.45) is 0 Å². The van der Waals surface area contributed by atoms with Crippen molar-refractivity contribution in [1.82, 2.24) is 9.97 Å². The molecule has 4 aromatic rings. The Hall–Kier alpha value is -4.41. The summed E-state index contributed by atoms with van der Waals surface area (Å²) < 4.78 is 0. The molecule has 0 fully saturated rings. The second-order valence-electron chi connectivity index (χ2n) is 7.62. The normalized spacial score (nSPS) is 10.5. The number of rotatable bonds is 5. The first-order valence-electron chi connectivity index (χ1n) is 10.3. The van der Waals surface area contributed by atoms with E-state index in [2.05, 4.69) is 16.0 Å². The molecule has 0 unspecified atom stereocenters. The Kier molecular flexibility index (Phi) is 6.44. The van der Waals surface area contributed by atoms with E-state index in [0.29, 0.717) is 16.9 Å². The lowest BCUT2D eigenvalue weighted by atomic mass is 10.1. The first kappa shape index (κ1) is 22.8. The third-order valence-electron chi connectivity index (χ3n) is 5.28. The lowest BCUT2D eigenvalue weighted by Crippen LogP contribution is -2.30. The van der Waals surface area contributed by atoms with Gasteiger partial charge in [-0.05, 0) is 66.0 Å². The Labute approximate surface area is 201 Å². The van der Waals surface area contributed by atoms with Gasteiger partial charge in [-0.25, -0.2) is 9.97 Å². The highest BCUT2D eigenvalue weighted by atomic mass is 35.5. The fraction of sp³-hybridized carbons (Fsp3) is 0.0769. The van der Waals surface area contributed by atoms with Gasteiger partial charge in [0, 0.05) is 23.5 Å². The fourth-order valence-electron chi connectivity index (χ4n) is 3.51. The quantitative estimate of drug-likeness (QED) is 0.386. The zero-order valence-electron chi connectivity index (χ0n) is 18.1. The zero-order valence-corrected chi connectivity index (χ0v) is 18.9. The number of amides is 1. The Bertz CT molecular complexity index is 1400. The van der Waals surface area contributed by atoms with Crippen LogP contribution in [-0.2, 0) is 6.54 Å². The number of anilines is 1. The van der Waals surface area contributed by atoms with Crippen LogP contribution in [0.15, 0.2) is 72.9 Å². The van der Waals surface area contributed by atoms with Crippen LogP contribution < -0.4 is 4.90 Å². The molecule has 0 spiro atoms. The molecule has 8 heteroatoms. The molecule has 0 saturated carbocycles. The number of nitrogens with zero attached hydrogens (tertiary/aromatic N) is 4. The standard InChI is InChI=1S/C26H19ClN4O3/c1-16-14-29-26(27)30-24(16)19-6-8-20(9-7-19)31(15-18-4-2-17(13-28)3-5-18)25(34)22-11-10-21(32)12-23(22)33/h2-12,14,32-33H,15H2,1H3. The number of aromatic hydroxyl groups is 2. The third-order valence-corrected chi connectivity index (χ3v) is 5.46. The first-order valence-corrected chi connectivity index (χ1v) is 10.7. The number of phenols is 2. The highest BCUT2D eigenvalue weighted by Gasteiger charge is 2.22. The van der Waals surface area contributed by atoms with Gasteiger partial charge >= 0.3 is 0 Å². The van der Waals surface area contributed by atoms with Crippen LogP contribution >= 0.6 is 11.6 Å². The predicted molar refractivity (Wildman–Crippen MR) is 129 cm³/mol. The summed E-state index contributed by atoms with van der Waals surface area (Å²) in [5.74, 6) is -0.913. The van der Waals surface area contributed by atoms with Crippen LogP contribution in [0.5, 0.6) is 11.5 Å². The van der Waals surface area contributed by atoms with Crippen LogP contribution in [0.2, 0.25) is 5.28 Å². The van der Waals surface area contributed by atoms with Gasteiger partial charge in [-0.15, -0.1) is 0 Å². The Morgan fingerprint density at radius 2 is 1.76 bits per heavy atom. The monoisotopic (exact) mass is 470 g/mol. The number of aryl methyl sites for hydroxylation is 1. The van der Waals surface area contributed by atoms with Crippen molar-refractivity contribution in [2.45, 2.75) is 13.5 Å². The molecule has 0 aliphatic carbocycles. The second kappa shape index (κ2) is 9.61. The van der Waals surface area contributed by atoms with Crippen molar-refractivity contribution in [2.75, 3.05) is 4.90 Å². The van der Waals surface area contributed by atoms with Gasteiger partial charge in [0.2, 0.25) is 5.28 Å². The molecule has 0 aliphatic rings. The van der Waals surface area contributed by atoms with Gasteiger partial charge in [-0.3, -0.25) is 4.79 Å². The van der Waals surface area contributed by atoms with E-state index in [4.69, 9.17) is 16.9 Å². The number of nitriles is 1. The van der Waals surface area contributed by atoms with E-state index in [1.54, 1.807) is 42.6 Å². The summed E-state index contributed by atoms with van der Waals surface area (Å²) in [7, 11) is 0. The van der Waals surface area contributed by atoms with Crippen LogP contribution in [-0.4, -0.2) is 26.1 Å². The number of hydrogen-bond acceptors (Lipinski definition) is 6. The summed E-state index contributed by atoms with van der Waals surface area (Å²) in [5, 5.41) is 29.1. The van der Waals surface area contributed by atoms with E-state index >= 15 is 0 Å². The molecule has 1 aromatic heterocycles. The number of phenolic OH excluding ortho intramolecular Hbond substituents is 2. The largest absolute Gasteiger partial charge is 0.508 e. The van der Waals surface area contributed by atoms with Gasteiger partial charge in [0.05, 0.1) is 29.4 Å². The molecule has 1 heterocycles. The van der Waals surface area contributed by atoms with E-state index in [9.17, 15) is 15.0 Å².